The van der Waals surface area contributed by atoms with Crippen LogP contribution in [0.2, 0.25) is 0 Å². The summed E-state index contributed by atoms with van der Waals surface area (Å²) in [7, 11) is 0. The van der Waals surface area contributed by atoms with E-state index in [1.54, 1.807) is 0 Å². The highest BCUT2D eigenvalue weighted by Gasteiger charge is 2.40. The molecule has 3 heterocycles. The van der Waals surface area contributed by atoms with Crippen molar-refractivity contribution in [3.05, 3.63) is 181 Å². The maximum absolute atomic E-state index is 5.49. The smallest absolute Gasteiger partial charge is 0.160 e. The Kier molecular flexibility index (Phi) is 6.27. The predicted octanol–water partition coefficient (Wildman–Crippen LogP) is 12.3. The average Bonchev–Trinajstić information content (AvgIpc) is 3.80. The first kappa shape index (κ1) is 29.9. The van der Waals surface area contributed by atoms with Gasteiger partial charge >= 0.3 is 0 Å². The van der Waals surface area contributed by atoms with Gasteiger partial charge in [-0.05, 0) is 48.0 Å². The summed E-state index contributed by atoms with van der Waals surface area (Å²) in [6.07, 6.45) is 0. The van der Waals surface area contributed by atoms with E-state index in [9.17, 15) is 0 Å². The van der Waals surface area contributed by atoms with Crippen LogP contribution >= 0.6 is 0 Å². The SMILES string of the molecule is CC1(C)c2ccccc2-c2nc(-c3ccccc3)nc(-c3ccccc3-n3c4ccccc4c4cc5c(cc43)c3ccccc3n5-c3ccccc3)c21. The van der Waals surface area contributed by atoms with Gasteiger partial charge in [0, 0.05) is 54.9 Å². The molecule has 0 spiro atoms. The molecule has 4 heteroatoms. The van der Waals surface area contributed by atoms with Gasteiger partial charge in [0.05, 0.1) is 39.1 Å². The van der Waals surface area contributed by atoms with E-state index in [-0.39, 0.29) is 5.41 Å². The zero-order chi connectivity index (χ0) is 35.3. The maximum atomic E-state index is 5.49. The van der Waals surface area contributed by atoms with Crippen molar-refractivity contribution in [2.24, 2.45) is 0 Å². The van der Waals surface area contributed by atoms with Crippen molar-refractivity contribution in [2.75, 3.05) is 0 Å². The number of para-hydroxylation sites is 4. The van der Waals surface area contributed by atoms with Gasteiger partial charge in [-0.2, -0.15) is 0 Å². The molecule has 7 aromatic carbocycles. The van der Waals surface area contributed by atoms with E-state index in [0.717, 1.165) is 45.2 Å². The van der Waals surface area contributed by atoms with Crippen LogP contribution in [0.3, 0.4) is 0 Å². The van der Waals surface area contributed by atoms with Gasteiger partial charge in [-0.1, -0.05) is 141 Å². The molecule has 0 atom stereocenters. The van der Waals surface area contributed by atoms with Crippen LogP contribution < -0.4 is 0 Å². The van der Waals surface area contributed by atoms with Gasteiger partial charge in [-0.25, -0.2) is 9.97 Å². The van der Waals surface area contributed by atoms with Crippen LogP contribution in [0.4, 0.5) is 0 Å². The van der Waals surface area contributed by atoms with Crippen LogP contribution in [0.15, 0.2) is 170 Å². The Labute approximate surface area is 307 Å². The molecule has 0 N–H and O–H groups in total. The minimum Gasteiger partial charge on any atom is -0.309 e. The Morgan fingerprint density at radius 3 is 1.64 bits per heavy atom. The number of nitrogens with zero attached hydrogens (tertiary/aromatic N) is 4. The van der Waals surface area contributed by atoms with Crippen molar-refractivity contribution < 1.29 is 0 Å². The first-order chi connectivity index (χ1) is 26.1. The lowest BCUT2D eigenvalue weighted by Crippen LogP contribution is -2.18. The van der Waals surface area contributed by atoms with Gasteiger partial charge in [-0.3, -0.25) is 0 Å². The Morgan fingerprint density at radius 2 is 0.943 bits per heavy atom. The second kappa shape index (κ2) is 11.1. The quantitative estimate of drug-likeness (QED) is 0.186. The van der Waals surface area contributed by atoms with Crippen molar-refractivity contribution in [3.63, 3.8) is 0 Å². The number of benzene rings is 7. The highest BCUT2D eigenvalue weighted by atomic mass is 15.0. The van der Waals surface area contributed by atoms with Crippen LogP contribution in [0.5, 0.6) is 0 Å². The largest absolute Gasteiger partial charge is 0.309 e. The number of hydrogen-bond donors (Lipinski definition) is 0. The summed E-state index contributed by atoms with van der Waals surface area (Å²) in [6, 6.07) is 61.0. The third-order valence-electron chi connectivity index (χ3n) is 11.3. The normalized spacial score (nSPS) is 13.2. The van der Waals surface area contributed by atoms with E-state index in [2.05, 4.69) is 187 Å². The molecule has 3 aromatic heterocycles. The summed E-state index contributed by atoms with van der Waals surface area (Å²) >= 11 is 0. The van der Waals surface area contributed by atoms with Crippen LogP contribution in [-0.4, -0.2) is 19.1 Å². The summed E-state index contributed by atoms with van der Waals surface area (Å²) in [4.78, 5) is 10.8. The lowest BCUT2D eigenvalue weighted by Gasteiger charge is -2.25. The summed E-state index contributed by atoms with van der Waals surface area (Å²) in [6.45, 7) is 4.63. The molecule has 250 valence electrons. The topological polar surface area (TPSA) is 35.6 Å². The average molecular weight is 679 g/mol. The highest BCUT2D eigenvalue weighted by Crippen LogP contribution is 2.52. The molecular weight excluding hydrogens is 645 g/mol. The van der Waals surface area contributed by atoms with Crippen molar-refractivity contribution >= 4 is 43.6 Å². The molecule has 0 fully saturated rings. The molecule has 11 rings (SSSR count). The van der Waals surface area contributed by atoms with Gasteiger partial charge in [0.25, 0.3) is 0 Å². The first-order valence-corrected chi connectivity index (χ1v) is 18.3. The van der Waals surface area contributed by atoms with Crippen LogP contribution in [0.1, 0.15) is 25.0 Å². The third kappa shape index (κ3) is 4.24. The van der Waals surface area contributed by atoms with E-state index in [1.807, 2.05) is 6.07 Å². The Morgan fingerprint density at radius 1 is 0.434 bits per heavy atom. The van der Waals surface area contributed by atoms with E-state index in [1.165, 1.54) is 54.8 Å². The number of hydrogen-bond acceptors (Lipinski definition) is 2. The second-order valence-corrected chi connectivity index (χ2v) is 14.6. The van der Waals surface area contributed by atoms with E-state index in [4.69, 9.17) is 9.97 Å². The zero-order valence-electron chi connectivity index (χ0n) is 29.5. The molecule has 0 bridgehead atoms. The maximum Gasteiger partial charge on any atom is 0.160 e. The van der Waals surface area contributed by atoms with Crippen LogP contribution in [0.25, 0.3) is 88.9 Å². The molecule has 10 aromatic rings. The minimum absolute atomic E-state index is 0.296. The van der Waals surface area contributed by atoms with E-state index in [0.29, 0.717) is 0 Å². The van der Waals surface area contributed by atoms with Gasteiger partial charge in [-0.15, -0.1) is 0 Å². The fourth-order valence-corrected chi connectivity index (χ4v) is 8.94. The van der Waals surface area contributed by atoms with Crippen molar-refractivity contribution in [1.82, 2.24) is 19.1 Å². The lowest BCUT2D eigenvalue weighted by molar-refractivity contribution is 0.658. The molecule has 0 saturated heterocycles. The van der Waals surface area contributed by atoms with Crippen LogP contribution in [-0.2, 0) is 5.41 Å². The molecule has 0 radical (unpaired) electrons. The molecular formula is C49H34N4. The van der Waals surface area contributed by atoms with Crippen molar-refractivity contribution in [2.45, 2.75) is 19.3 Å². The van der Waals surface area contributed by atoms with Gasteiger partial charge in [0.2, 0.25) is 0 Å². The fraction of sp³-hybridized carbons (Fsp3) is 0.0612. The molecule has 4 nitrogen and oxygen atoms in total. The minimum atomic E-state index is -0.296. The van der Waals surface area contributed by atoms with Crippen molar-refractivity contribution in [1.29, 1.82) is 0 Å². The summed E-state index contributed by atoms with van der Waals surface area (Å²) in [5, 5.41) is 4.89. The van der Waals surface area contributed by atoms with E-state index < -0.39 is 0 Å². The summed E-state index contributed by atoms with van der Waals surface area (Å²) in [5.41, 5.74) is 14.4. The number of aromatic nitrogens is 4. The monoisotopic (exact) mass is 678 g/mol. The van der Waals surface area contributed by atoms with Crippen LogP contribution in [0, 0.1) is 0 Å². The molecule has 0 amide bonds. The number of fused-ring (bicyclic) bond motifs is 9. The molecule has 1 aliphatic carbocycles. The predicted molar refractivity (Wildman–Crippen MR) is 219 cm³/mol. The molecule has 1 aliphatic rings. The van der Waals surface area contributed by atoms with Crippen molar-refractivity contribution in [3.8, 4) is 45.3 Å². The van der Waals surface area contributed by atoms with Gasteiger partial charge in [0.15, 0.2) is 5.82 Å². The van der Waals surface area contributed by atoms with E-state index >= 15 is 0 Å². The number of rotatable bonds is 4. The first-order valence-electron chi connectivity index (χ1n) is 18.3. The van der Waals surface area contributed by atoms with Gasteiger partial charge < -0.3 is 9.13 Å². The lowest BCUT2D eigenvalue weighted by atomic mass is 9.80. The third-order valence-corrected chi connectivity index (χ3v) is 11.3. The Bertz CT molecular complexity index is 3080. The molecule has 53 heavy (non-hydrogen) atoms. The molecule has 0 unspecified atom stereocenters. The zero-order valence-corrected chi connectivity index (χ0v) is 29.5. The highest BCUT2D eigenvalue weighted by molar-refractivity contribution is 6.19. The molecule has 0 saturated carbocycles. The fourth-order valence-electron chi connectivity index (χ4n) is 8.94. The summed E-state index contributed by atoms with van der Waals surface area (Å²) in [5.74, 6) is 0.735. The molecule has 0 aliphatic heterocycles. The second-order valence-electron chi connectivity index (χ2n) is 14.6. The Hall–Kier alpha value is -6.78. The Balaban J connectivity index is 1.24. The van der Waals surface area contributed by atoms with Gasteiger partial charge in [0.1, 0.15) is 0 Å². The standard InChI is InChI=1S/C49H34N4/c1-49(2)39-25-13-9-23-35(39)46-45(49)47(51-48(50-46)31-17-5-3-6-18-31)36-24-12-16-28-42(36)53-41-27-15-11-22-34(41)38-29-43-37(30-44(38)53)33-21-10-14-26-40(33)52(43)32-19-7-4-8-20-32/h3-30H,1-2H3. The summed E-state index contributed by atoms with van der Waals surface area (Å²) < 4.78 is 4.86.